The third-order valence-electron chi connectivity index (χ3n) is 3.70. The molecule has 1 aliphatic carbocycles. The molecule has 0 saturated heterocycles. The summed E-state index contributed by atoms with van der Waals surface area (Å²) in [4.78, 5) is 0. The van der Waals surface area contributed by atoms with Crippen molar-refractivity contribution in [3.8, 4) is 0 Å². The van der Waals surface area contributed by atoms with Gasteiger partial charge in [-0.1, -0.05) is 37.0 Å². The van der Waals surface area contributed by atoms with Crippen molar-refractivity contribution < 1.29 is 0 Å². The molecule has 0 aliphatic heterocycles. The zero-order chi connectivity index (χ0) is 13.3. The van der Waals surface area contributed by atoms with Gasteiger partial charge >= 0.3 is 0 Å². The highest BCUT2D eigenvalue weighted by Crippen LogP contribution is 2.37. The third-order valence-corrected chi connectivity index (χ3v) is 4.33. The summed E-state index contributed by atoms with van der Waals surface area (Å²) in [6.45, 7) is 5.44. The lowest BCUT2D eigenvalue weighted by Gasteiger charge is -2.18. The smallest absolute Gasteiger partial charge is 0.0693 e. The summed E-state index contributed by atoms with van der Waals surface area (Å²) in [5, 5.41) is 4.64. The maximum atomic E-state index is 6.02. The van der Waals surface area contributed by atoms with Gasteiger partial charge in [0.25, 0.3) is 0 Å². The Kier molecular flexibility index (Phi) is 4.10. The molecule has 0 heterocycles. The van der Waals surface area contributed by atoms with Crippen LogP contribution in [0, 0.1) is 5.41 Å². The Labute approximate surface area is 119 Å². The summed E-state index contributed by atoms with van der Waals surface area (Å²) in [7, 11) is 0. The van der Waals surface area contributed by atoms with Crippen molar-refractivity contribution in [2.45, 2.75) is 45.7 Å². The number of nitrogens with two attached hydrogens (primary N) is 1. The molecule has 1 fully saturated rings. The topological polar surface area (TPSA) is 38.0 Å². The molecule has 0 radical (unpaired) electrons. The van der Waals surface area contributed by atoms with E-state index in [1.165, 1.54) is 19.3 Å². The molecule has 1 unspecified atom stereocenters. The first-order valence-electron chi connectivity index (χ1n) is 6.34. The zero-order valence-electron chi connectivity index (χ0n) is 10.9. The van der Waals surface area contributed by atoms with Gasteiger partial charge in [0.15, 0.2) is 0 Å². The van der Waals surface area contributed by atoms with Crippen molar-refractivity contribution in [1.82, 2.24) is 5.32 Å². The van der Waals surface area contributed by atoms with E-state index in [1.807, 2.05) is 12.1 Å². The van der Waals surface area contributed by atoms with Gasteiger partial charge in [0, 0.05) is 12.6 Å². The number of nitrogen functional groups attached to an aromatic ring is 1. The van der Waals surface area contributed by atoms with E-state index in [1.54, 1.807) is 0 Å². The Morgan fingerprint density at radius 2 is 1.94 bits per heavy atom. The number of rotatable bonds is 3. The Hall–Kier alpha value is -0.440. The molecule has 1 saturated carbocycles. The first kappa shape index (κ1) is 14.0. The van der Waals surface area contributed by atoms with E-state index in [0.717, 1.165) is 12.1 Å². The van der Waals surface area contributed by atoms with Crippen LogP contribution >= 0.6 is 23.2 Å². The highest BCUT2D eigenvalue weighted by molar-refractivity contribution is 6.38. The highest BCUT2D eigenvalue weighted by Gasteiger charge is 2.30. The number of benzene rings is 1. The van der Waals surface area contributed by atoms with Gasteiger partial charge in [-0.2, -0.15) is 0 Å². The van der Waals surface area contributed by atoms with E-state index in [2.05, 4.69) is 19.2 Å². The van der Waals surface area contributed by atoms with Gasteiger partial charge in [0.2, 0.25) is 0 Å². The summed E-state index contributed by atoms with van der Waals surface area (Å²) in [6, 6.07) is 4.36. The fourth-order valence-corrected chi connectivity index (χ4v) is 3.14. The maximum absolute atomic E-state index is 6.02. The summed E-state index contributed by atoms with van der Waals surface area (Å²) in [5.74, 6) is 0. The summed E-state index contributed by atoms with van der Waals surface area (Å²) < 4.78 is 0. The van der Waals surface area contributed by atoms with Crippen molar-refractivity contribution in [3.63, 3.8) is 0 Å². The number of halogens is 2. The number of hydrogen-bond donors (Lipinski definition) is 2. The molecule has 18 heavy (non-hydrogen) atoms. The summed E-state index contributed by atoms with van der Waals surface area (Å²) >= 11 is 12.0. The number of anilines is 1. The number of hydrogen-bond acceptors (Lipinski definition) is 2. The van der Waals surface area contributed by atoms with E-state index in [-0.39, 0.29) is 0 Å². The minimum absolute atomic E-state index is 0.462. The van der Waals surface area contributed by atoms with Crippen molar-refractivity contribution in [3.05, 3.63) is 27.7 Å². The molecule has 100 valence electrons. The Bertz CT molecular complexity index is 420. The molecule has 0 amide bonds. The first-order chi connectivity index (χ1) is 8.37. The molecule has 1 atom stereocenters. The van der Waals surface area contributed by atoms with E-state index in [4.69, 9.17) is 28.9 Å². The Balaban J connectivity index is 1.95. The first-order valence-corrected chi connectivity index (χ1v) is 7.10. The lowest BCUT2D eigenvalue weighted by molar-refractivity contribution is 0.364. The van der Waals surface area contributed by atoms with Crippen molar-refractivity contribution in [2.75, 3.05) is 5.73 Å². The molecule has 0 bridgehead atoms. The van der Waals surface area contributed by atoms with Crippen molar-refractivity contribution in [1.29, 1.82) is 0 Å². The average Bonchev–Trinajstić information content (AvgIpc) is 2.63. The van der Waals surface area contributed by atoms with Crippen LogP contribution in [-0.2, 0) is 6.54 Å². The van der Waals surface area contributed by atoms with Gasteiger partial charge in [-0.25, -0.2) is 0 Å². The van der Waals surface area contributed by atoms with Crippen LogP contribution in [0.4, 0.5) is 5.69 Å². The normalized spacial score (nSPS) is 22.3. The third kappa shape index (κ3) is 3.31. The van der Waals surface area contributed by atoms with E-state index >= 15 is 0 Å². The SMILES string of the molecule is CC1(C)CCC(NCc2cc(Cl)c(N)c(Cl)c2)C1. The molecule has 2 rings (SSSR count). The van der Waals surface area contributed by atoms with E-state index in [9.17, 15) is 0 Å². The second-order valence-electron chi connectivity index (χ2n) is 5.96. The van der Waals surface area contributed by atoms with Crippen LogP contribution in [0.1, 0.15) is 38.7 Å². The largest absolute Gasteiger partial charge is 0.396 e. The molecule has 1 aliphatic rings. The van der Waals surface area contributed by atoms with Gasteiger partial charge in [-0.3, -0.25) is 0 Å². The van der Waals surface area contributed by atoms with Crippen molar-refractivity contribution >= 4 is 28.9 Å². The van der Waals surface area contributed by atoms with Crippen LogP contribution < -0.4 is 11.1 Å². The fraction of sp³-hybridized carbons (Fsp3) is 0.571. The Morgan fingerprint density at radius 3 is 2.44 bits per heavy atom. The standard InChI is InChI=1S/C14H20Cl2N2/c1-14(2)4-3-10(7-14)18-8-9-5-11(15)13(17)12(16)6-9/h5-6,10,18H,3-4,7-8,17H2,1-2H3. The molecule has 0 aromatic heterocycles. The predicted octanol–water partition coefficient (Wildman–Crippen LogP) is 4.24. The second kappa shape index (κ2) is 5.28. The predicted molar refractivity (Wildman–Crippen MR) is 79.1 cm³/mol. The molecule has 3 N–H and O–H groups in total. The van der Waals surface area contributed by atoms with Crippen LogP contribution in [-0.4, -0.2) is 6.04 Å². The summed E-state index contributed by atoms with van der Waals surface area (Å²) in [5.41, 5.74) is 7.74. The van der Waals surface area contributed by atoms with Gasteiger partial charge in [0.1, 0.15) is 0 Å². The van der Waals surface area contributed by atoms with Crippen LogP contribution in [0.5, 0.6) is 0 Å². The van der Waals surface area contributed by atoms with Crippen molar-refractivity contribution in [2.24, 2.45) is 5.41 Å². The fourth-order valence-electron chi connectivity index (χ4n) is 2.61. The second-order valence-corrected chi connectivity index (χ2v) is 6.77. The lowest BCUT2D eigenvalue weighted by atomic mass is 9.92. The molecule has 1 aromatic carbocycles. The van der Waals surface area contributed by atoms with Gasteiger partial charge in [-0.15, -0.1) is 0 Å². The van der Waals surface area contributed by atoms with E-state index < -0.39 is 0 Å². The van der Waals surface area contributed by atoms with Gasteiger partial charge in [0.05, 0.1) is 15.7 Å². The molecular weight excluding hydrogens is 267 g/mol. The van der Waals surface area contributed by atoms with Crippen LogP contribution in [0.3, 0.4) is 0 Å². The van der Waals surface area contributed by atoms with Crippen LogP contribution in [0.2, 0.25) is 10.0 Å². The lowest BCUT2D eigenvalue weighted by Crippen LogP contribution is -2.26. The summed E-state index contributed by atoms with van der Waals surface area (Å²) in [6.07, 6.45) is 3.75. The Morgan fingerprint density at radius 1 is 1.33 bits per heavy atom. The zero-order valence-corrected chi connectivity index (χ0v) is 12.4. The highest BCUT2D eigenvalue weighted by atomic mass is 35.5. The minimum Gasteiger partial charge on any atom is -0.396 e. The average molecular weight is 287 g/mol. The quantitative estimate of drug-likeness (QED) is 0.816. The molecule has 0 spiro atoms. The molecule has 4 heteroatoms. The monoisotopic (exact) mass is 286 g/mol. The number of nitrogens with one attached hydrogen (secondary N) is 1. The molecule has 1 aromatic rings. The minimum atomic E-state index is 0.462. The molecular formula is C14H20Cl2N2. The van der Waals surface area contributed by atoms with Gasteiger partial charge in [-0.05, 0) is 42.4 Å². The van der Waals surface area contributed by atoms with Crippen LogP contribution in [0.15, 0.2) is 12.1 Å². The van der Waals surface area contributed by atoms with Crippen LogP contribution in [0.25, 0.3) is 0 Å². The molecule has 2 nitrogen and oxygen atoms in total. The van der Waals surface area contributed by atoms with Gasteiger partial charge < -0.3 is 11.1 Å². The maximum Gasteiger partial charge on any atom is 0.0693 e. The van der Waals surface area contributed by atoms with E-state index in [0.29, 0.717) is 27.2 Å².